The van der Waals surface area contributed by atoms with Crippen molar-refractivity contribution in [3.05, 3.63) is 28.6 Å². The van der Waals surface area contributed by atoms with E-state index in [-0.39, 0.29) is 23.2 Å². The number of ketones is 1. The minimum atomic E-state index is -0.991. The van der Waals surface area contributed by atoms with Crippen LogP contribution in [0.25, 0.3) is 0 Å². The van der Waals surface area contributed by atoms with Crippen LogP contribution in [-0.2, 0) is 11.2 Å². The highest BCUT2D eigenvalue weighted by Crippen LogP contribution is 2.46. The zero-order valence-corrected chi connectivity index (χ0v) is 10.8. The first kappa shape index (κ1) is 12.9. The van der Waals surface area contributed by atoms with Crippen LogP contribution in [0.4, 0.5) is 14.9 Å². The van der Waals surface area contributed by atoms with E-state index < -0.39 is 12.2 Å². The molecule has 106 valence electrons. The fourth-order valence-electron chi connectivity index (χ4n) is 2.92. The van der Waals surface area contributed by atoms with Crippen molar-refractivity contribution in [2.45, 2.75) is 37.7 Å². The van der Waals surface area contributed by atoms with Crippen molar-refractivity contribution in [3.63, 3.8) is 0 Å². The van der Waals surface area contributed by atoms with E-state index in [2.05, 4.69) is 0 Å². The molecule has 4 N–H and O–H groups in total. The van der Waals surface area contributed by atoms with Crippen LogP contribution in [0.15, 0.2) is 6.07 Å². The molecule has 0 aliphatic heterocycles. The number of amides is 1. The molecule has 1 aromatic carbocycles. The largest absolute Gasteiger partial charge is 0.438 e. The number of hydrogen-bond donors (Lipinski definition) is 2. The summed E-state index contributed by atoms with van der Waals surface area (Å²) in [5.74, 6) is -0.541. The maximum atomic E-state index is 14.1. The van der Waals surface area contributed by atoms with Crippen LogP contribution in [0.5, 0.6) is 0 Å². The van der Waals surface area contributed by atoms with Crippen molar-refractivity contribution >= 4 is 17.6 Å². The first-order chi connectivity index (χ1) is 9.49. The summed E-state index contributed by atoms with van der Waals surface area (Å²) in [6, 6.07) is 1.19. The smallest absolute Gasteiger partial charge is 0.405 e. The molecular weight excluding hydrogens is 263 g/mol. The van der Waals surface area contributed by atoms with Crippen molar-refractivity contribution in [3.8, 4) is 0 Å². The van der Waals surface area contributed by atoms with Gasteiger partial charge in [-0.2, -0.15) is 0 Å². The SMILES string of the molecule is NC(=O)OC1CCc2c(c(N)cc(F)c2C2CC2)C1=O. The van der Waals surface area contributed by atoms with E-state index in [1.807, 2.05) is 0 Å². The third-order valence-electron chi connectivity index (χ3n) is 3.89. The maximum Gasteiger partial charge on any atom is 0.405 e. The number of nitrogens with two attached hydrogens (primary N) is 2. The molecule has 20 heavy (non-hydrogen) atoms. The summed E-state index contributed by atoms with van der Waals surface area (Å²) >= 11 is 0. The number of ether oxygens (including phenoxy) is 1. The van der Waals surface area contributed by atoms with Crippen LogP contribution in [0.1, 0.15) is 46.7 Å². The van der Waals surface area contributed by atoms with Gasteiger partial charge in [0.05, 0.1) is 0 Å². The molecular formula is C14H15FN2O3. The van der Waals surface area contributed by atoms with Crippen molar-refractivity contribution < 1.29 is 18.7 Å². The van der Waals surface area contributed by atoms with Gasteiger partial charge in [0.2, 0.25) is 5.78 Å². The zero-order chi connectivity index (χ0) is 14.4. The van der Waals surface area contributed by atoms with Crippen molar-refractivity contribution in [1.82, 2.24) is 0 Å². The third kappa shape index (κ3) is 2.01. The summed E-state index contributed by atoms with van der Waals surface area (Å²) in [6.07, 6.45) is 0.741. The topological polar surface area (TPSA) is 95.4 Å². The Balaban J connectivity index is 2.06. The second kappa shape index (κ2) is 4.47. The molecule has 0 spiro atoms. The summed E-state index contributed by atoms with van der Waals surface area (Å²) in [5, 5.41) is 0. The van der Waals surface area contributed by atoms with Gasteiger partial charge in [-0.3, -0.25) is 4.79 Å². The van der Waals surface area contributed by atoms with Crippen LogP contribution >= 0.6 is 0 Å². The Labute approximate surface area is 115 Å². The van der Waals surface area contributed by atoms with Gasteiger partial charge in [0.15, 0.2) is 6.10 Å². The van der Waals surface area contributed by atoms with Gasteiger partial charge >= 0.3 is 6.09 Å². The number of nitrogen functional groups attached to an aromatic ring is 1. The lowest BCUT2D eigenvalue weighted by molar-refractivity contribution is 0.0616. The Morgan fingerprint density at radius 1 is 1.35 bits per heavy atom. The fourth-order valence-corrected chi connectivity index (χ4v) is 2.92. The lowest BCUT2D eigenvalue weighted by Crippen LogP contribution is -2.35. The number of Topliss-reactive ketones (excluding diaryl/α,β-unsaturated/α-hetero) is 1. The van der Waals surface area contributed by atoms with E-state index in [4.69, 9.17) is 16.2 Å². The highest BCUT2D eigenvalue weighted by Gasteiger charge is 2.38. The Kier molecular flexibility index (Phi) is 2.88. The number of carbonyl (C=O) groups excluding carboxylic acids is 2. The first-order valence-corrected chi connectivity index (χ1v) is 6.60. The summed E-state index contributed by atoms with van der Waals surface area (Å²) in [7, 11) is 0. The zero-order valence-electron chi connectivity index (χ0n) is 10.8. The Morgan fingerprint density at radius 3 is 2.65 bits per heavy atom. The minimum absolute atomic E-state index is 0.102. The summed E-state index contributed by atoms with van der Waals surface area (Å²) in [6.45, 7) is 0. The van der Waals surface area contributed by atoms with Gasteiger partial charge in [-0.05, 0) is 48.8 Å². The highest BCUT2D eigenvalue weighted by atomic mass is 19.1. The van der Waals surface area contributed by atoms with Crippen LogP contribution < -0.4 is 11.5 Å². The van der Waals surface area contributed by atoms with E-state index in [9.17, 15) is 14.0 Å². The van der Waals surface area contributed by atoms with Gasteiger partial charge in [0.1, 0.15) is 5.82 Å². The first-order valence-electron chi connectivity index (χ1n) is 6.60. The molecule has 0 heterocycles. The molecule has 1 unspecified atom stereocenters. The van der Waals surface area contributed by atoms with Gasteiger partial charge < -0.3 is 16.2 Å². The van der Waals surface area contributed by atoms with E-state index in [0.29, 0.717) is 29.5 Å². The number of fused-ring (bicyclic) bond motifs is 1. The van der Waals surface area contributed by atoms with Crippen molar-refractivity contribution in [2.24, 2.45) is 5.73 Å². The van der Waals surface area contributed by atoms with Crippen LogP contribution in [-0.4, -0.2) is 18.0 Å². The summed E-state index contributed by atoms with van der Waals surface area (Å²) < 4.78 is 18.9. The summed E-state index contributed by atoms with van der Waals surface area (Å²) in [4.78, 5) is 23.2. The number of rotatable bonds is 2. The molecule has 1 saturated carbocycles. The van der Waals surface area contributed by atoms with E-state index in [1.165, 1.54) is 6.07 Å². The van der Waals surface area contributed by atoms with Gasteiger partial charge in [-0.15, -0.1) is 0 Å². The number of hydrogen-bond acceptors (Lipinski definition) is 4. The molecule has 6 heteroatoms. The van der Waals surface area contributed by atoms with Crippen LogP contribution in [0, 0.1) is 5.82 Å². The van der Waals surface area contributed by atoms with E-state index >= 15 is 0 Å². The van der Waals surface area contributed by atoms with E-state index in [1.54, 1.807) is 0 Å². The minimum Gasteiger partial charge on any atom is -0.438 e. The average molecular weight is 278 g/mol. The monoisotopic (exact) mass is 278 g/mol. The number of halogens is 1. The molecule has 5 nitrogen and oxygen atoms in total. The predicted octanol–water partition coefficient (Wildman–Crippen LogP) is 1.88. The molecule has 1 aromatic rings. The van der Waals surface area contributed by atoms with Gasteiger partial charge in [0, 0.05) is 11.3 Å². The second-order valence-electron chi connectivity index (χ2n) is 5.32. The molecule has 1 atom stereocenters. The molecule has 2 aliphatic rings. The Bertz CT molecular complexity index is 611. The van der Waals surface area contributed by atoms with Crippen molar-refractivity contribution in [1.29, 1.82) is 0 Å². The molecule has 1 fully saturated rings. The van der Waals surface area contributed by atoms with Gasteiger partial charge in [0.25, 0.3) is 0 Å². The number of anilines is 1. The lowest BCUT2D eigenvalue weighted by Gasteiger charge is -2.26. The second-order valence-corrected chi connectivity index (χ2v) is 5.32. The number of carbonyl (C=O) groups is 2. The number of benzene rings is 1. The molecule has 1 amide bonds. The standard InChI is InChI=1S/C14H15FN2O3/c15-8-5-9(16)12-7(11(8)6-1-2-6)3-4-10(13(12)18)20-14(17)19/h5-6,10H,1-4,16H2,(H2,17,19). The summed E-state index contributed by atoms with van der Waals surface area (Å²) in [5.41, 5.74) is 12.4. The molecule has 0 bridgehead atoms. The predicted molar refractivity (Wildman–Crippen MR) is 69.9 cm³/mol. The Morgan fingerprint density at radius 2 is 2.05 bits per heavy atom. The average Bonchev–Trinajstić information content (AvgIpc) is 3.16. The van der Waals surface area contributed by atoms with Crippen LogP contribution in [0.3, 0.4) is 0 Å². The highest BCUT2D eigenvalue weighted by molar-refractivity contribution is 6.07. The lowest BCUT2D eigenvalue weighted by atomic mass is 9.83. The maximum absolute atomic E-state index is 14.1. The fraction of sp³-hybridized carbons (Fsp3) is 0.429. The van der Waals surface area contributed by atoms with Gasteiger partial charge in [-0.1, -0.05) is 0 Å². The molecule has 0 saturated heterocycles. The number of primary amides is 1. The normalized spacial score (nSPS) is 21.4. The van der Waals surface area contributed by atoms with Crippen LogP contribution in [0.2, 0.25) is 0 Å². The Hall–Kier alpha value is -2.11. The molecule has 3 rings (SSSR count). The third-order valence-corrected chi connectivity index (χ3v) is 3.89. The van der Waals surface area contributed by atoms with Gasteiger partial charge in [-0.25, -0.2) is 9.18 Å². The molecule has 2 aliphatic carbocycles. The van der Waals surface area contributed by atoms with E-state index in [0.717, 1.165) is 12.8 Å². The molecule has 0 aromatic heterocycles. The molecule has 0 radical (unpaired) electrons. The van der Waals surface area contributed by atoms with Crippen molar-refractivity contribution in [2.75, 3.05) is 5.73 Å². The quantitative estimate of drug-likeness (QED) is 0.807.